The highest BCUT2D eigenvalue weighted by Gasteiger charge is 2.17. The molecule has 0 fully saturated rings. The van der Waals surface area contributed by atoms with Crippen LogP contribution in [0.15, 0.2) is 12.1 Å². The molecule has 3 N–H and O–H groups in total. The molecule has 22 heavy (non-hydrogen) atoms. The molecule has 1 atom stereocenters. The fourth-order valence-electron chi connectivity index (χ4n) is 1.63. The van der Waals surface area contributed by atoms with E-state index in [1.54, 1.807) is 0 Å². The zero-order valence-electron chi connectivity index (χ0n) is 11.7. The molecule has 1 amide bonds. The van der Waals surface area contributed by atoms with Crippen molar-refractivity contribution in [2.24, 2.45) is 0 Å². The number of carboxylic acids is 1. The lowest BCUT2D eigenvalue weighted by Crippen LogP contribution is -2.41. The molecule has 1 unspecified atom stereocenters. The molecule has 0 aliphatic carbocycles. The van der Waals surface area contributed by atoms with E-state index < -0.39 is 17.9 Å². The van der Waals surface area contributed by atoms with Gasteiger partial charge in [0.05, 0.1) is 27.3 Å². The lowest BCUT2D eigenvalue weighted by atomic mass is 10.2. The third kappa shape index (κ3) is 6.58. The van der Waals surface area contributed by atoms with Crippen molar-refractivity contribution < 1.29 is 14.7 Å². The van der Waals surface area contributed by atoms with Gasteiger partial charge in [-0.15, -0.1) is 12.4 Å². The molecule has 1 aromatic rings. The summed E-state index contributed by atoms with van der Waals surface area (Å²) >= 11 is 17.6. The molecule has 9 heteroatoms. The fraction of sp³-hybridized carbons (Fsp3) is 0.385. The molecule has 0 radical (unpaired) electrons. The number of amides is 1. The molecular weight excluding hydrogens is 374 g/mol. The zero-order valence-corrected chi connectivity index (χ0v) is 14.7. The van der Waals surface area contributed by atoms with Gasteiger partial charge in [-0.2, -0.15) is 0 Å². The van der Waals surface area contributed by atoms with Crippen LogP contribution in [0.25, 0.3) is 0 Å². The van der Waals surface area contributed by atoms with Gasteiger partial charge in [-0.3, -0.25) is 14.9 Å². The monoisotopic (exact) mass is 388 g/mol. The molecular formula is C13H16Cl4N2O3. The summed E-state index contributed by atoms with van der Waals surface area (Å²) in [5.41, 5.74) is 0.320. The van der Waals surface area contributed by atoms with Crippen LogP contribution in [0.2, 0.25) is 15.1 Å². The quantitative estimate of drug-likeness (QED) is 0.619. The number of carbonyl (C=O) groups excluding carboxylic acids is 1. The highest BCUT2D eigenvalue weighted by Crippen LogP contribution is 2.32. The summed E-state index contributed by atoms with van der Waals surface area (Å²) in [6.45, 7) is 1.72. The number of carboxylic acid groups (broad SMARTS) is 1. The lowest BCUT2D eigenvalue weighted by molar-refractivity contribution is -0.139. The number of hydrogen-bond acceptors (Lipinski definition) is 3. The average molecular weight is 390 g/mol. The van der Waals surface area contributed by atoms with Crippen LogP contribution < -0.4 is 10.6 Å². The smallest absolute Gasteiger partial charge is 0.320 e. The summed E-state index contributed by atoms with van der Waals surface area (Å²) in [5.74, 6) is -1.41. The van der Waals surface area contributed by atoms with Gasteiger partial charge in [-0.1, -0.05) is 48.1 Å². The van der Waals surface area contributed by atoms with Crippen molar-refractivity contribution in [2.75, 3.05) is 11.9 Å². The predicted octanol–water partition coefficient (Wildman–Crippen LogP) is 3.85. The van der Waals surface area contributed by atoms with Crippen LogP contribution in [0.5, 0.6) is 0 Å². The Hall–Kier alpha value is -0.720. The Labute approximate surface area is 149 Å². The van der Waals surface area contributed by atoms with Gasteiger partial charge in [-0.25, -0.2) is 0 Å². The molecule has 0 saturated heterocycles. The van der Waals surface area contributed by atoms with Gasteiger partial charge in [0, 0.05) is 0 Å². The molecule has 0 aliphatic rings. The summed E-state index contributed by atoms with van der Waals surface area (Å²) in [5, 5.41) is 15.0. The summed E-state index contributed by atoms with van der Waals surface area (Å²) in [7, 11) is 0. The number of benzene rings is 1. The normalized spacial score (nSPS) is 11.5. The third-order valence-corrected chi connectivity index (χ3v) is 3.70. The van der Waals surface area contributed by atoms with Gasteiger partial charge in [0.2, 0.25) is 5.91 Å². The zero-order chi connectivity index (χ0) is 16.0. The number of hydrogen-bond donors (Lipinski definition) is 3. The predicted molar refractivity (Wildman–Crippen MR) is 91.7 cm³/mol. The van der Waals surface area contributed by atoms with Gasteiger partial charge >= 0.3 is 5.97 Å². The van der Waals surface area contributed by atoms with Crippen LogP contribution in [-0.2, 0) is 9.59 Å². The van der Waals surface area contributed by atoms with E-state index in [-0.39, 0.29) is 34.0 Å². The van der Waals surface area contributed by atoms with Crippen molar-refractivity contribution in [3.63, 3.8) is 0 Å². The van der Waals surface area contributed by atoms with Crippen LogP contribution in [0.4, 0.5) is 5.69 Å². The Kier molecular flexibility index (Phi) is 9.80. The first-order chi connectivity index (χ1) is 9.85. The van der Waals surface area contributed by atoms with Gasteiger partial charge < -0.3 is 10.4 Å². The van der Waals surface area contributed by atoms with E-state index in [2.05, 4.69) is 10.6 Å². The lowest BCUT2D eigenvalue weighted by Gasteiger charge is -2.14. The second-order valence-corrected chi connectivity index (χ2v) is 5.58. The number of rotatable bonds is 7. The molecule has 5 nitrogen and oxygen atoms in total. The topological polar surface area (TPSA) is 78.4 Å². The van der Waals surface area contributed by atoms with Crippen molar-refractivity contribution in [1.29, 1.82) is 0 Å². The average Bonchev–Trinajstić information content (AvgIpc) is 2.40. The number of carbonyl (C=O) groups is 2. The summed E-state index contributed by atoms with van der Waals surface area (Å²) in [6, 6.07) is 2.10. The van der Waals surface area contributed by atoms with Crippen molar-refractivity contribution in [1.82, 2.24) is 5.32 Å². The first kappa shape index (κ1) is 21.3. The maximum atomic E-state index is 11.8. The van der Waals surface area contributed by atoms with Crippen LogP contribution in [-0.4, -0.2) is 29.6 Å². The molecule has 0 spiro atoms. The Morgan fingerprint density at radius 3 is 2.32 bits per heavy atom. The molecule has 0 bridgehead atoms. The molecule has 0 aliphatic heterocycles. The van der Waals surface area contributed by atoms with Gasteiger partial charge in [0.25, 0.3) is 0 Å². The number of halogens is 4. The SMILES string of the molecule is CCCC(NCC(=O)Nc1cc(Cl)c(Cl)cc1Cl)C(=O)O.Cl. The summed E-state index contributed by atoms with van der Waals surface area (Å²) in [6.07, 6.45) is 1.14. The molecule has 0 aromatic heterocycles. The van der Waals surface area contributed by atoms with E-state index in [4.69, 9.17) is 39.9 Å². The van der Waals surface area contributed by atoms with Crippen LogP contribution in [0.1, 0.15) is 19.8 Å². The van der Waals surface area contributed by atoms with E-state index >= 15 is 0 Å². The largest absolute Gasteiger partial charge is 0.480 e. The molecule has 0 heterocycles. The maximum Gasteiger partial charge on any atom is 0.320 e. The summed E-state index contributed by atoms with van der Waals surface area (Å²) in [4.78, 5) is 22.7. The molecule has 1 aromatic carbocycles. The van der Waals surface area contributed by atoms with Gasteiger partial charge in [0.1, 0.15) is 6.04 Å². The third-order valence-electron chi connectivity index (χ3n) is 2.67. The van der Waals surface area contributed by atoms with E-state index in [9.17, 15) is 9.59 Å². The maximum absolute atomic E-state index is 11.8. The second kappa shape index (κ2) is 10.1. The second-order valence-electron chi connectivity index (χ2n) is 4.35. The molecule has 1 rings (SSSR count). The van der Waals surface area contributed by atoms with Crippen LogP contribution >= 0.6 is 47.2 Å². The minimum absolute atomic E-state index is 0. The molecule has 0 saturated carbocycles. The van der Waals surface area contributed by atoms with Crippen molar-refractivity contribution in [2.45, 2.75) is 25.8 Å². The number of aliphatic carboxylic acids is 1. The number of anilines is 1. The van der Waals surface area contributed by atoms with Gasteiger partial charge in [-0.05, 0) is 18.6 Å². The highest BCUT2D eigenvalue weighted by atomic mass is 35.5. The fourth-order valence-corrected chi connectivity index (χ4v) is 2.22. The van der Waals surface area contributed by atoms with E-state index in [1.165, 1.54) is 12.1 Å². The standard InChI is InChI=1S/C13H15Cl3N2O3.ClH/c1-2-3-10(13(20)21)17-6-12(19)18-11-5-8(15)7(14)4-9(11)16;/h4-5,10,17H,2-3,6H2,1H3,(H,18,19)(H,20,21);1H. The Balaban J connectivity index is 0.00000441. The minimum Gasteiger partial charge on any atom is -0.480 e. The van der Waals surface area contributed by atoms with Crippen molar-refractivity contribution >= 4 is 64.8 Å². The van der Waals surface area contributed by atoms with Crippen molar-refractivity contribution in [3.8, 4) is 0 Å². The first-order valence-corrected chi connectivity index (χ1v) is 7.39. The number of nitrogens with one attached hydrogen (secondary N) is 2. The van der Waals surface area contributed by atoms with E-state index in [0.717, 1.165) is 0 Å². The van der Waals surface area contributed by atoms with Crippen molar-refractivity contribution in [3.05, 3.63) is 27.2 Å². The molecule has 124 valence electrons. The van der Waals surface area contributed by atoms with Crippen LogP contribution in [0.3, 0.4) is 0 Å². The highest BCUT2D eigenvalue weighted by molar-refractivity contribution is 6.44. The van der Waals surface area contributed by atoms with E-state index in [0.29, 0.717) is 18.5 Å². The Bertz CT molecular complexity index is 540. The Morgan fingerprint density at radius 1 is 1.18 bits per heavy atom. The summed E-state index contributed by atoms with van der Waals surface area (Å²) < 4.78 is 0. The first-order valence-electron chi connectivity index (χ1n) is 6.25. The Morgan fingerprint density at radius 2 is 1.77 bits per heavy atom. The van der Waals surface area contributed by atoms with Gasteiger partial charge in [0.15, 0.2) is 0 Å². The minimum atomic E-state index is -0.989. The van der Waals surface area contributed by atoms with E-state index in [1.807, 2.05) is 6.92 Å². The van der Waals surface area contributed by atoms with Crippen LogP contribution in [0, 0.1) is 0 Å².